The van der Waals surface area contributed by atoms with Gasteiger partial charge >= 0.3 is 0 Å². The smallest absolute Gasteiger partial charge is 0.284 e. The topological polar surface area (TPSA) is 85.3 Å². The Hall–Kier alpha value is -2.49. The van der Waals surface area contributed by atoms with Gasteiger partial charge in [0.2, 0.25) is 0 Å². The van der Waals surface area contributed by atoms with E-state index in [-0.39, 0.29) is 22.5 Å². The van der Waals surface area contributed by atoms with Gasteiger partial charge in [-0.1, -0.05) is 63.1 Å². The number of rotatable bonds is 14. The van der Waals surface area contributed by atoms with Crippen LogP contribution in [0.2, 0.25) is 5.02 Å². The molecule has 2 aromatic rings. The zero-order valence-corrected chi connectivity index (χ0v) is 24.5. The predicted octanol–water partition coefficient (Wildman–Crippen LogP) is 7.16. The van der Waals surface area contributed by atoms with E-state index in [2.05, 4.69) is 11.3 Å². The first-order valence-corrected chi connectivity index (χ1v) is 15.5. The summed E-state index contributed by atoms with van der Waals surface area (Å²) in [5.41, 5.74) is 0.735. The van der Waals surface area contributed by atoms with Gasteiger partial charge in [0.25, 0.3) is 15.9 Å². The van der Waals surface area contributed by atoms with E-state index in [0.29, 0.717) is 28.0 Å². The molecule has 0 unspecified atom stereocenters. The Balaban J connectivity index is 1.69. The summed E-state index contributed by atoms with van der Waals surface area (Å²) in [5, 5.41) is 0.535. The highest BCUT2D eigenvalue weighted by Crippen LogP contribution is 2.35. The lowest BCUT2D eigenvalue weighted by atomic mass is 10.1. The Kier molecular flexibility index (Phi) is 11.6. The van der Waals surface area contributed by atoms with Crippen LogP contribution in [0.3, 0.4) is 0 Å². The number of amidine groups is 1. The molecule has 7 nitrogen and oxygen atoms in total. The van der Waals surface area contributed by atoms with E-state index >= 15 is 0 Å². The van der Waals surface area contributed by atoms with E-state index in [1.807, 2.05) is 12.1 Å². The summed E-state index contributed by atoms with van der Waals surface area (Å²) in [5.74, 6) is 0.919. The molecule has 1 heterocycles. The highest BCUT2D eigenvalue weighted by atomic mass is 35.5. The Morgan fingerprint density at radius 3 is 2.32 bits per heavy atom. The van der Waals surface area contributed by atoms with Crippen LogP contribution in [-0.2, 0) is 14.8 Å². The number of halogens is 1. The Morgan fingerprint density at radius 2 is 1.66 bits per heavy atom. The number of amides is 1. The number of unbranched alkanes of at least 4 members (excludes halogenated alkanes) is 6. The molecule has 1 aliphatic rings. The minimum atomic E-state index is -4.01. The van der Waals surface area contributed by atoms with Gasteiger partial charge in [-0.15, -0.1) is 4.40 Å². The number of hydrogen-bond donors (Lipinski definition) is 0. The summed E-state index contributed by atoms with van der Waals surface area (Å²) in [6, 6.07) is 11.2. The van der Waals surface area contributed by atoms with Gasteiger partial charge in [0, 0.05) is 11.6 Å². The Bertz CT molecular complexity index is 1260. The second-order valence-electron chi connectivity index (χ2n) is 8.84. The number of methoxy groups -OCH3 is 1. The molecule has 1 saturated heterocycles. The molecular formula is C28H35ClN2O5S2. The molecule has 10 heteroatoms. The lowest BCUT2D eigenvalue weighted by Gasteiger charge is -2.12. The van der Waals surface area contributed by atoms with Crippen LogP contribution in [0.25, 0.3) is 6.08 Å². The van der Waals surface area contributed by atoms with Crippen molar-refractivity contribution in [3.05, 3.63) is 58.0 Å². The molecular weight excluding hydrogens is 544 g/mol. The van der Waals surface area contributed by atoms with Crippen molar-refractivity contribution >= 4 is 50.5 Å². The van der Waals surface area contributed by atoms with Crippen LogP contribution in [0.1, 0.15) is 64.4 Å². The number of likely N-dealkylation sites (N-methyl/N-ethyl adjacent to an activating group) is 1. The van der Waals surface area contributed by atoms with Crippen molar-refractivity contribution in [2.24, 2.45) is 4.40 Å². The third kappa shape index (κ3) is 8.25. The Labute approximate surface area is 235 Å². The quantitative estimate of drug-likeness (QED) is 0.175. The summed E-state index contributed by atoms with van der Waals surface area (Å²) in [7, 11) is -2.43. The maximum absolute atomic E-state index is 13.0. The summed E-state index contributed by atoms with van der Waals surface area (Å²) in [6.45, 7) is 4.89. The van der Waals surface area contributed by atoms with Crippen molar-refractivity contribution in [2.45, 2.75) is 63.7 Å². The Morgan fingerprint density at radius 1 is 0.974 bits per heavy atom. The third-order valence-corrected chi connectivity index (χ3v) is 8.66. The molecule has 2 aromatic carbocycles. The first kappa shape index (κ1) is 30.1. The van der Waals surface area contributed by atoms with Gasteiger partial charge in [-0.3, -0.25) is 9.69 Å². The number of sulfonamides is 1. The van der Waals surface area contributed by atoms with Gasteiger partial charge in [0.15, 0.2) is 16.7 Å². The van der Waals surface area contributed by atoms with E-state index in [9.17, 15) is 13.2 Å². The van der Waals surface area contributed by atoms with E-state index < -0.39 is 10.0 Å². The number of hydrogen-bond acceptors (Lipinski definition) is 6. The van der Waals surface area contributed by atoms with E-state index in [4.69, 9.17) is 21.1 Å². The number of thioether (sulfide) groups is 1. The van der Waals surface area contributed by atoms with Crippen LogP contribution < -0.4 is 9.47 Å². The fraction of sp³-hybridized carbons (Fsp3) is 0.429. The zero-order chi connectivity index (χ0) is 27.5. The van der Waals surface area contributed by atoms with Gasteiger partial charge < -0.3 is 9.47 Å². The molecule has 3 rings (SSSR count). The number of benzene rings is 2. The van der Waals surface area contributed by atoms with Gasteiger partial charge in [-0.25, -0.2) is 0 Å². The normalized spacial score (nSPS) is 16.0. The number of nitrogens with zero attached hydrogens (tertiary/aromatic N) is 2. The van der Waals surface area contributed by atoms with Crippen molar-refractivity contribution in [3.63, 3.8) is 0 Å². The maximum atomic E-state index is 13.0. The molecule has 0 saturated carbocycles. The second kappa shape index (κ2) is 14.6. The first-order valence-electron chi connectivity index (χ1n) is 12.9. The number of carbonyl (C=O) groups excluding carboxylic acids is 1. The molecule has 1 amide bonds. The van der Waals surface area contributed by atoms with Crippen molar-refractivity contribution in [2.75, 3.05) is 20.3 Å². The van der Waals surface area contributed by atoms with Crippen LogP contribution in [0.15, 0.2) is 56.7 Å². The minimum absolute atomic E-state index is 0.00718. The standard InChI is InChI=1S/C28H35ClN2O5S2/c1-4-6-7-8-9-10-11-18-36-24-17-12-21(19-25(24)35-3)20-26-27(32)31(5-2)28(37-26)30-38(33,34)23-15-13-22(29)14-16-23/h12-17,19-20H,4-11,18H2,1-3H3/b26-20-,30-28?. The average molecular weight is 579 g/mol. The van der Waals surface area contributed by atoms with Crippen LogP contribution in [-0.4, -0.2) is 44.7 Å². The molecule has 38 heavy (non-hydrogen) atoms. The zero-order valence-electron chi connectivity index (χ0n) is 22.1. The van der Waals surface area contributed by atoms with Crippen molar-refractivity contribution < 1.29 is 22.7 Å². The fourth-order valence-electron chi connectivity index (χ4n) is 3.90. The highest BCUT2D eigenvalue weighted by molar-refractivity contribution is 8.19. The number of ether oxygens (including phenoxy) is 2. The van der Waals surface area contributed by atoms with Gasteiger partial charge in [0.1, 0.15) is 0 Å². The molecule has 206 valence electrons. The first-order chi connectivity index (χ1) is 18.3. The van der Waals surface area contributed by atoms with Gasteiger partial charge in [0.05, 0.1) is 23.5 Å². The lowest BCUT2D eigenvalue weighted by Crippen LogP contribution is -2.29. The average Bonchev–Trinajstić information content (AvgIpc) is 3.18. The molecule has 0 N–H and O–H groups in total. The molecule has 0 spiro atoms. The molecule has 0 atom stereocenters. The summed E-state index contributed by atoms with van der Waals surface area (Å²) in [4.78, 5) is 14.7. The minimum Gasteiger partial charge on any atom is -0.493 e. The van der Waals surface area contributed by atoms with Crippen molar-refractivity contribution in [3.8, 4) is 11.5 Å². The van der Waals surface area contributed by atoms with Crippen LogP contribution in [0.5, 0.6) is 11.5 Å². The van der Waals surface area contributed by atoms with E-state index in [1.165, 1.54) is 61.3 Å². The van der Waals surface area contributed by atoms with Gasteiger partial charge in [-0.05, 0) is 73.1 Å². The molecule has 0 aromatic heterocycles. The summed E-state index contributed by atoms with van der Waals surface area (Å²) < 4.78 is 41.0. The summed E-state index contributed by atoms with van der Waals surface area (Å²) in [6.07, 6.45) is 10.2. The SMILES string of the molecule is CCCCCCCCCOc1ccc(/C=C2\SC(=NS(=O)(=O)c3ccc(Cl)cc3)N(CC)C2=O)cc1OC. The van der Waals surface area contributed by atoms with E-state index in [1.54, 1.807) is 26.2 Å². The van der Waals surface area contributed by atoms with Crippen molar-refractivity contribution in [1.29, 1.82) is 0 Å². The number of carbonyl (C=O) groups is 1. The van der Waals surface area contributed by atoms with Crippen LogP contribution >= 0.6 is 23.4 Å². The molecule has 1 aliphatic heterocycles. The van der Waals surface area contributed by atoms with Crippen LogP contribution in [0.4, 0.5) is 0 Å². The monoisotopic (exact) mass is 578 g/mol. The van der Waals surface area contributed by atoms with E-state index in [0.717, 1.165) is 30.2 Å². The maximum Gasteiger partial charge on any atom is 0.284 e. The molecule has 0 bridgehead atoms. The summed E-state index contributed by atoms with van der Waals surface area (Å²) >= 11 is 6.89. The molecule has 1 fully saturated rings. The third-order valence-electron chi connectivity index (χ3n) is 6.00. The van der Waals surface area contributed by atoms with Gasteiger partial charge in [-0.2, -0.15) is 8.42 Å². The largest absolute Gasteiger partial charge is 0.493 e. The second-order valence-corrected chi connectivity index (χ2v) is 11.9. The highest BCUT2D eigenvalue weighted by Gasteiger charge is 2.34. The van der Waals surface area contributed by atoms with Crippen LogP contribution in [0, 0.1) is 0 Å². The lowest BCUT2D eigenvalue weighted by molar-refractivity contribution is -0.122. The molecule has 0 radical (unpaired) electrons. The fourth-order valence-corrected chi connectivity index (χ4v) is 6.27. The predicted molar refractivity (Wildman–Crippen MR) is 156 cm³/mol. The van der Waals surface area contributed by atoms with Crippen molar-refractivity contribution in [1.82, 2.24) is 4.90 Å². The molecule has 0 aliphatic carbocycles.